The zero-order valence-electron chi connectivity index (χ0n) is 10.1. The van der Waals surface area contributed by atoms with Crippen molar-refractivity contribution < 1.29 is 0 Å². The fourth-order valence-corrected chi connectivity index (χ4v) is 1.98. The van der Waals surface area contributed by atoms with E-state index >= 15 is 0 Å². The molecule has 18 heavy (non-hydrogen) atoms. The van der Waals surface area contributed by atoms with Crippen LogP contribution >= 0.6 is 0 Å². The number of rotatable bonds is 2. The van der Waals surface area contributed by atoms with Gasteiger partial charge in [0.25, 0.3) is 0 Å². The summed E-state index contributed by atoms with van der Waals surface area (Å²) in [5.74, 6) is 0. The molecule has 0 unspecified atom stereocenters. The summed E-state index contributed by atoms with van der Waals surface area (Å²) < 4.78 is 2.06. The van der Waals surface area contributed by atoms with Crippen LogP contribution in [0, 0.1) is 0 Å². The first-order valence-electron chi connectivity index (χ1n) is 5.84. The number of aromatic nitrogens is 3. The van der Waals surface area contributed by atoms with Crippen LogP contribution in [-0.4, -0.2) is 14.5 Å². The smallest absolute Gasteiger partial charge is 0.0873 e. The van der Waals surface area contributed by atoms with Gasteiger partial charge in [-0.15, -0.1) is 0 Å². The van der Waals surface area contributed by atoms with Crippen LogP contribution in [0.25, 0.3) is 22.6 Å². The number of aryl methyl sites for hydroxylation is 1. The van der Waals surface area contributed by atoms with Crippen LogP contribution in [0.2, 0.25) is 0 Å². The van der Waals surface area contributed by atoms with Gasteiger partial charge in [-0.3, -0.25) is 4.98 Å². The number of hydrogen-bond donors (Lipinski definition) is 0. The van der Waals surface area contributed by atoms with E-state index in [1.54, 1.807) is 6.20 Å². The molecule has 0 N–H and O–H groups in total. The molecular formula is C15H13N3. The first kappa shape index (κ1) is 10.7. The maximum atomic E-state index is 4.69. The standard InChI is InChI=1S/C15H13N3/c1-18-10-4-8-15(18)14-7-2-6-13(17-14)12-5-3-9-16-11-12/h2-11H,1H3. The maximum Gasteiger partial charge on any atom is 0.0873 e. The zero-order chi connectivity index (χ0) is 12.4. The molecule has 0 amide bonds. The topological polar surface area (TPSA) is 30.7 Å². The highest BCUT2D eigenvalue weighted by atomic mass is 14.9. The summed E-state index contributed by atoms with van der Waals surface area (Å²) >= 11 is 0. The summed E-state index contributed by atoms with van der Waals surface area (Å²) in [5, 5.41) is 0. The zero-order valence-corrected chi connectivity index (χ0v) is 10.1. The monoisotopic (exact) mass is 235 g/mol. The molecule has 3 heteroatoms. The highest BCUT2D eigenvalue weighted by Crippen LogP contribution is 2.21. The minimum Gasteiger partial charge on any atom is -0.349 e. The van der Waals surface area contributed by atoms with Crippen LogP contribution in [0.15, 0.2) is 61.1 Å². The second kappa shape index (κ2) is 4.45. The van der Waals surface area contributed by atoms with E-state index in [1.807, 2.05) is 55.8 Å². The normalized spacial score (nSPS) is 10.5. The van der Waals surface area contributed by atoms with Crippen LogP contribution in [0.3, 0.4) is 0 Å². The SMILES string of the molecule is Cn1cccc1-c1cccc(-c2cccnc2)n1. The molecule has 0 fully saturated rings. The van der Waals surface area contributed by atoms with Gasteiger partial charge in [0.05, 0.1) is 17.1 Å². The van der Waals surface area contributed by atoms with Crippen LogP contribution in [0.4, 0.5) is 0 Å². The van der Waals surface area contributed by atoms with Gasteiger partial charge in [-0.2, -0.15) is 0 Å². The molecule has 3 rings (SSSR count). The summed E-state index contributed by atoms with van der Waals surface area (Å²) in [6, 6.07) is 14.1. The number of hydrogen-bond acceptors (Lipinski definition) is 2. The predicted molar refractivity (Wildman–Crippen MR) is 71.9 cm³/mol. The Bertz CT molecular complexity index is 656. The largest absolute Gasteiger partial charge is 0.349 e. The molecule has 0 spiro atoms. The molecule has 0 aliphatic carbocycles. The van der Waals surface area contributed by atoms with Crippen molar-refractivity contribution in [3.8, 4) is 22.6 Å². The molecule has 3 aromatic rings. The van der Waals surface area contributed by atoms with Crippen LogP contribution in [-0.2, 0) is 7.05 Å². The van der Waals surface area contributed by atoms with E-state index in [9.17, 15) is 0 Å². The van der Waals surface area contributed by atoms with E-state index < -0.39 is 0 Å². The summed E-state index contributed by atoms with van der Waals surface area (Å²) in [7, 11) is 2.02. The lowest BCUT2D eigenvalue weighted by atomic mass is 10.1. The summed E-state index contributed by atoms with van der Waals surface area (Å²) in [6.45, 7) is 0. The van der Waals surface area contributed by atoms with Crippen molar-refractivity contribution in [2.45, 2.75) is 0 Å². The Kier molecular flexibility index (Phi) is 2.65. The second-order valence-corrected chi connectivity index (χ2v) is 4.15. The Labute approximate surface area is 106 Å². The molecule has 3 aromatic heterocycles. The molecule has 0 aromatic carbocycles. The number of nitrogens with zero attached hydrogens (tertiary/aromatic N) is 3. The van der Waals surface area contributed by atoms with Crippen molar-refractivity contribution in [3.05, 3.63) is 61.1 Å². The second-order valence-electron chi connectivity index (χ2n) is 4.15. The van der Waals surface area contributed by atoms with Crippen molar-refractivity contribution in [2.75, 3.05) is 0 Å². The van der Waals surface area contributed by atoms with Gasteiger partial charge < -0.3 is 4.57 Å². The molecule has 0 aliphatic heterocycles. The molecule has 3 nitrogen and oxygen atoms in total. The molecule has 0 saturated carbocycles. The molecule has 0 saturated heterocycles. The van der Waals surface area contributed by atoms with Crippen molar-refractivity contribution in [1.82, 2.24) is 14.5 Å². The lowest BCUT2D eigenvalue weighted by molar-refractivity contribution is 0.931. The Hall–Kier alpha value is -2.42. The molecule has 0 aliphatic rings. The minimum atomic E-state index is 0.946. The number of pyridine rings is 2. The molecule has 0 radical (unpaired) electrons. The first-order chi connectivity index (χ1) is 8.84. The van der Waals surface area contributed by atoms with Crippen LogP contribution in [0.1, 0.15) is 0 Å². The predicted octanol–water partition coefficient (Wildman–Crippen LogP) is 3.15. The van der Waals surface area contributed by atoms with Crippen molar-refractivity contribution in [2.24, 2.45) is 7.05 Å². The Morgan fingerprint density at radius 2 is 1.83 bits per heavy atom. The summed E-state index contributed by atoms with van der Waals surface area (Å²) in [4.78, 5) is 8.81. The third-order valence-electron chi connectivity index (χ3n) is 2.91. The van der Waals surface area contributed by atoms with E-state index in [4.69, 9.17) is 0 Å². The Morgan fingerprint density at radius 1 is 0.944 bits per heavy atom. The third-order valence-corrected chi connectivity index (χ3v) is 2.91. The van der Waals surface area contributed by atoms with Gasteiger partial charge in [-0.1, -0.05) is 6.07 Å². The van der Waals surface area contributed by atoms with Gasteiger partial charge in [0.15, 0.2) is 0 Å². The molecule has 3 heterocycles. The average Bonchev–Trinajstić information content (AvgIpc) is 2.86. The Balaban J connectivity index is 2.08. The van der Waals surface area contributed by atoms with Crippen molar-refractivity contribution in [3.63, 3.8) is 0 Å². The van der Waals surface area contributed by atoms with E-state index in [-0.39, 0.29) is 0 Å². The van der Waals surface area contributed by atoms with Gasteiger partial charge >= 0.3 is 0 Å². The van der Waals surface area contributed by atoms with Gasteiger partial charge in [-0.25, -0.2) is 4.98 Å². The Morgan fingerprint density at radius 3 is 2.56 bits per heavy atom. The van der Waals surface area contributed by atoms with Crippen molar-refractivity contribution in [1.29, 1.82) is 0 Å². The summed E-state index contributed by atoms with van der Waals surface area (Å²) in [5.41, 5.74) is 4.07. The maximum absolute atomic E-state index is 4.69. The lowest BCUT2D eigenvalue weighted by Crippen LogP contribution is -1.93. The highest BCUT2D eigenvalue weighted by molar-refractivity contribution is 5.63. The fraction of sp³-hybridized carbons (Fsp3) is 0.0667. The van der Waals surface area contributed by atoms with E-state index in [0.29, 0.717) is 0 Å². The molecular weight excluding hydrogens is 222 g/mol. The van der Waals surface area contributed by atoms with E-state index in [1.165, 1.54) is 0 Å². The van der Waals surface area contributed by atoms with Gasteiger partial charge in [-0.05, 0) is 36.4 Å². The lowest BCUT2D eigenvalue weighted by Gasteiger charge is -2.05. The van der Waals surface area contributed by atoms with Gasteiger partial charge in [0, 0.05) is 31.2 Å². The highest BCUT2D eigenvalue weighted by Gasteiger charge is 2.05. The van der Waals surface area contributed by atoms with Crippen molar-refractivity contribution >= 4 is 0 Å². The van der Waals surface area contributed by atoms with E-state index in [2.05, 4.69) is 20.6 Å². The molecule has 0 atom stereocenters. The van der Waals surface area contributed by atoms with Crippen LogP contribution < -0.4 is 0 Å². The quantitative estimate of drug-likeness (QED) is 0.683. The molecule has 0 bridgehead atoms. The first-order valence-corrected chi connectivity index (χ1v) is 5.84. The summed E-state index contributed by atoms with van der Waals surface area (Å²) in [6.07, 6.45) is 5.62. The molecule has 88 valence electrons. The average molecular weight is 235 g/mol. The van der Waals surface area contributed by atoms with E-state index in [0.717, 1.165) is 22.6 Å². The fourth-order valence-electron chi connectivity index (χ4n) is 1.98. The van der Waals surface area contributed by atoms with Crippen LogP contribution in [0.5, 0.6) is 0 Å². The van der Waals surface area contributed by atoms with Gasteiger partial charge in [0.1, 0.15) is 0 Å². The van der Waals surface area contributed by atoms with Gasteiger partial charge in [0.2, 0.25) is 0 Å². The minimum absolute atomic E-state index is 0.946. The third kappa shape index (κ3) is 1.91.